The lowest BCUT2D eigenvalue weighted by Crippen LogP contribution is -2.63. The summed E-state index contributed by atoms with van der Waals surface area (Å²) in [6.45, 7) is -2.91. The van der Waals surface area contributed by atoms with E-state index in [0.29, 0.717) is 5.56 Å². The average Bonchev–Trinajstić information content (AvgIpc) is 2.29. The smallest absolute Gasteiger partial charge is 0.387 e. The van der Waals surface area contributed by atoms with Crippen molar-refractivity contribution < 1.29 is 23.4 Å². The Morgan fingerprint density at radius 1 is 1.39 bits per heavy atom. The summed E-state index contributed by atoms with van der Waals surface area (Å²) in [5, 5.41) is 6.00. The molecule has 18 heavy (non-hydrogen) atoms. The zero-order chi connectivity index (χ0) is 13.5. The molecule has 0 aromatic heterocycles. The number of ether oxygens (including phenoxy) is 2. The number of hydrogen-bond donors (Lipinski definition) is 3. The molecule has 0 bridgehead atoms. The normalized spacial score (nSPS) is 10.7. The lowest BCUT2D eigenvalue weighted by atomic mass is 10.2. The Bertz CT molecular complexity index is 459. The van der Waals surface area contributed by atoms with E-state index in [1.165, 1.54) is 31.5 Å². The molecular weight excluding hydrogens is 246 g/mol. The number of nitrogens with zero attached hydrogens (tertiary/aromatic N) is 1. The van der Waals surface area contributed by atoms with Gasteiger partial charge in [0.05, 0.1) is 7.11 Å². The molecule has 0 heterocycles. The van der Waals surface area contributed by atoms with E-state index < -0.39 is 6.61 Å². The van der Waals surface area contributed by atoms with E-state index in [2.05, 4.69) is 14.9 Å². The zero-order valence-electron chi connectivity index (χ0n) is 9.56. The minimum absolute atomic E-state index is 0.0495. The predicted molar refractivity (Wildman–Crippen MR) is 61.6 cm³/mol. The van der Waals surface area contributed by atoms with Crippen molar-refractivity contribution in [1.82, 2.24) is 0 Å². The largest absolute Gasteiger partial charge is 0.493 e. The Kier molecular flexibility index (Phi) is 4.85. The molecule has 1 aromatic carbocycles. The van der Waals surface area contributed by atoms with E-state index in [-0.39, 0.29) is 17.5 Å². The summed E-state index contributed by atoms with van der Waals surface area (Å²) in [7, 11) is 1.35. The molecule has 0 spiro atoms. The number of nitrogens with two attached hydrogens (primary N) is 2. The van der Waals surface area contributed by atoms with Crippen LogP contribution in [0.3, 0.4) is 0 Å². The van der Waals surface area contributed by atoms with Crippen molar-refractivity contribution >= 4 is 12.2 Å². The molecular formula is C10H13F2N4O2+. The summed E-state index contributed by atoms with van der Waals surface area (Å²) in [6, 6.07) is 4.39. The van der Waals surface area contributed by atoms with Crippen LogP contribution in [0.2, 0.25) is 0 Å². The Labute approximate surface area is 102 Å². The van der Waals surface area contributed by atoms with Crippen molar-refractivity contribution in [3.8, 4) is 11.5 Å². The van der Waals surface area contributed by atoms with Gasteiger partial charge in [0.15, 0.2) is 11.5 Å². The van der Waals surface area contributed by atoms with Crippen molar-refractivity contribution in [2.24, 2.45) is 16.6 Å². The summed E-state index contributed by atoms with van der Waals surface area (Å²) >= 11 is 0. The summed E-state index contributed by atoms with van der Waals surface area (Å²) in [6.07, 6.45) is 1.47. The second-order valence-corrected chi connectivity index (χ2v) is 3.10. The van der Waals surface area contributed by atoms with E-state index in [9.17, 15) is 8.78 Å². The highest BCUT2D eigenvalue weighted by atomic mass is 19.3. The SMILES string of the molecule is COc1cc(/C=[NH+]\N=C(N)N)ccc1OC(F)F. The number of rotatable bonds is 5. The monoisotopic (exact) mass is 259 g/mol. The van der Waals surface area contributed by atoms with E-state index >= 15 is 0 Å². The van der Waals surface area contributed by atoms with Crippen LogP contribution >= 0.6 is 0 Å². The van der Waals surface area contributed by atoms with Crippen LogP contribution in [0.4, 0.5) is 8.78 Å². The maximum Gasteiger partial charge on any atom is 0.387 e. The minimum Gasteiger partial charge on any atom is -0.493 e. The van der Waals surface area contributed by atoms with Crippen molar-refractivity contribution in [3.05, 3.63) is 23.8 Å². The summed E-state index contributed by atoms with van der Waals surface area (Å²) in [5.41, 5.74) is 10.8. The molecule has 0 fully saturated rings. The quantitative estimate of drug-likeness (QED) is 0.358. The summed E-state index contributed by atoms with van der Waals surface area (Å²) in [5.74, 6) is -0.00194. The highest BCUT2D eigenvalue weighted by Gasteiger charge is 2.10. The number of nitrogens with one attached hydrogen (secondary N) is 1. The molecule has 0 aliphatic heterocycles. The Morgan fingerprint density at radius 2 is 2.11 bits per heavy atom. The maximum atomic E-state index is 12.1. The average molecular weight is 259 g/mol. The first-order valence-corrected chi connectivity index (χ1v) is 4.83. The number of guanidine groups is 1. The fourth-order valence-corrected chi connectivity index (χ4v) is 1.15. The van der Waals surface area contributed by atoms with Crippen molar-refractivity contribution in [3.63, 3.8) is 0 Å². The highest BCUT2D eigenvalue weighted by molar-refractivity contribution is 5.78. The third kappa shape index (κ3) is 4.24. The van der Waals surface area contributed by atoms with E-state index in [4.69, 9.17) is 16.2 Å². The number of halogens is 2. The van der Waals surface area contributed by atoms with Crippen LogP contribution in [0.1, 0.15) is 5.56 Å². The van der Waals surface area contributed by atoms with E-state index in [0.717, 1.165) is 0 Å². The van der Waals surface area contributed by atoms with E-state index in [1.54, 1.807) is 0 Å². The van der Waals surface area contributed by atoms with Crippen LogP contribution in [0, 0.1) is 0 Å². The van der Waals surface area contributed by atoms with Gasteiger partial charge in [0.2, 0.25) is 6.21 Å². The van der Waals surface area contributed by atoms with Gasteiger partial charge in [0.1, 0.15) is 0 Å². The summed E-state index contributed by atoms with van der Waals surface area (Å²) < 4.78 is 33.4. The highest BCUT2D eigenvalue weighted by Crippen LogP contribution is 2.28. The van der Waals surface area contributed by atoms with E-state index in [1.807, 2.05) is 0 Å². The molecule has 6 nitrogen and oxygen atoms in total. The number of hydrazone groups is 1. The molecule has 1 rings (SSSR count). The lowest BCUT2D eigenvalue weighted by Gasteiger charge is -2.09. The minimum atomic E-state index is -2.91. The molecule has 98 valence electrons. The Balaban J connectivity index is 2.91. The Hall–Kier alpha value is -2.38. The molecule has 0 unspecified atom stereocenters. The van der Waals surface area contributed by atoms with Crippen LogP contribution < -0.4 is 26.0 Å². The van der Waals surface area contributed by atoms with Gasteiger partial charge >= 0.3 is 6.61 Å². The standard InChI is InChI=1S/C10H12F2N4O2/c1-17-8-4-6(5-15-16-10(13)14)2-3-7(8)18-9(11)12/h2-5,9H,1H3,(H4,13,14,16)/p+1/b15-5-. The molecule has 0 radical (unpaired) electrons. The second-order valence-electron chi connectivity index (χ2n) is 3.10. The molecule has 5 N–H and O–H groups in total. The fraction of sp³-hybridized carbons (Fsp3) is 0.200. The molecule has 8 heteroatoms. The molecule has 0 saturated carbocycles. The van der Waals surface area contributed by atoms with Gasteiger partial charge in [0.25, 0.3) is 5.96 Å². The van der Waals surface area contributed by atoms with Crippen LogP contribution in [0.25, 0.3) is 0 Å². The molecule has 0 saturated heterocycles. The van der Waals surface area contributed by atoms with Gasteiger partial charge in [-0.05, 0) is 18.2 Å². The summed E-state index contributed by atoms with van der Waals surface area (Å²) in [4.78, 5) is 0. The van der Waals surface area contributed by atoms with Crippen LogP contribution in [-0.4, -0.2) is 25.9 Å². The zero-order valence-corrected chi connectivity index (χ0v) is 9.56. The van der Waals surface area contributed by atoms with Crippen LogP contribution in [0.15, 0.2) is 23.3 Å². The first-order chi connectivity index (χ1) is 8.52. The molecule has 0 atom stereocenters. The van der Waals surface area contributed by atoms with Gasteiger partial charge in [-0.1, -0.05) is 0 Å². The van der Waals surface area contributed by atoms with Crippen molar-refractivity contribution in [1.29, 1.82) is 0 Å². The lowest BCUT2D eigenvalue weighted by molar-refractivity contribution is -0.456. The third-order valence-electron chi connectivity index (χ3n) is 1.83. The van der Waals surface area contributed by atoms with Gasteiger partial charge in [0, 0.05) is 10.7 Å². The number of methoxy groups -OCH3 is 1. The van der Waals surface area contributed by atoms with Gasteiger partial charge in [-0.2, -0.15) is 8.78 Å². The maximum absolute atomic E-state index is 12.1. The fourth-order valence-electron chi connectivity index (χ4n) is 1.15. The molecule has 0 aliphatic rings. The molecule has 1 aromatic rings. The first-order valence-electron chi connectivity index (χ1n) is 4.83. The topological polar surface area (TPSA) is 96.8 Å². The van der Waals surface area contributed by atoms with Crippen molar-refractivity contribution in [2.45, 2.75) is 6.61 Å². The number of alkyl halides is 2. The van der Waals surface area contributed by atoms with Crippen LogP contribution in [0.5, 0.6) is 11.5 Å². The van der Waals surface area contributed by atoms with Gasteiger partial charge in [-0.15, -0.1) is 5.10 Å². The number of benzene rings is 1. The van der Waals surface area contributed by atoms with Crippen LogP contribution in [-0.2, 0) is 0 Å². The molecule has 0 aliphatic carbocycles. The third-order valence-corrected chi connectivity index (χ3v) is 1.83. The van der Waals surface area contributed by atoms with Gasteiger partial charge in [-0.3, -0.25) is 0 Å². The molecule has 0 amide bonds. The Morgan fingerprint density at radius 3 is 2.67 bits per heavy atom. The predicted octanol–water partition coefficient (Wildman–Crippen LogP) is -1.02. The van der Waals surface area contributed by atoms with Gasteiger partial charge < -0.3 is 20.9 Å². The second kappa shape index (κ2) is 6.38. The van der Waals surface area contributed by atoms with Gasteiger partial charge in [-0.25, -0.2) is 0 Å². The first kappa shape index (κ1) is 13.7. The number of hydrogen-bond acceptors (Lipinski definition) is 3. The van der Waals surface area contributed by atoms with Crippen molar-refractivity contribution in [2.75, 3.05) is 7.11 Å².